The Morgan fingerprint density at radius 1 is 1.20 bits per heavy atom. The lowest BCUT2D eigenvalue weighted by atomic mass is 9.40. The number of fused-ring (bicyclic) bond motifs is 3. The van der Waals surface area contributed by atoms with Crippen molar-refractivity contribution >= 4 is 18.0 Å². The summed E-state index contributed by atoms with van der Waals surface area (Å²) in [7, 11) is 2.83. The standard InChI is InChI=1S/C24H38N2O9/c1-9-21(4)12-14(28)24(32)22(5)13(27)10-11-20(2,3)16(22)15(29)17(23(24,6)35-21)33-18(30)25-34-19(31)26(7)8/h9,13,15-17,27,29,32H,1,10-12H2,2-8H3,(H,25,30)/t13-,15-,16-,17-,21-,22-,23+,24-/m0/s1. The van der Waals surface area contributed by atoms with E-state index in [9.17, 15) is 29.7 Å². The van der Waals surface area contributed by atoms with Crippen LogP contribution in [0.3, 0.4) is 0 Å². The number of rotatable bonds is 2. The van der Waals surface area contributed by atoms with Crippen LogP contribution in [0.25, 0.3) is 0 Å². The third kappa shape index (κ3) is 3.75. The van der Waals surface area contributed by atoms with Gasteiger partial charge >= 0.3 is 12.2 Å². The molecule has 11 heteroatoms. The summed E-state index contributed by atoms with van der Waals surface area (Å²) < 4.78 is 11.8. The van der Waals surface area contributed by atoms with Gasteiger partial charge in [-0.2, -0.15) is 0 Å². The van der Waals surface area contributed by atoms with Gasteiger partial charge in [0, 0.05) is 31.8 Å². The molecule has 1 heterocycles. The maximum absolute atomic E-state index is 13.8. The van der Waals surface area contributed by atoms with Gasteiger partial charge in [-0.1, -0.05) is 26.8 Å². The number of nitrogens with zero attached hydrogens (tertiary/aromatic N) is 1. The van der Waals surface area contributed by atoms with Crippen molar-refractivity contribution < 1.29 is 44.0 Å². The molecule has 2 amide bonds. The first-order valence-corrected chi connectivity index (χ1v) is 11.7. The van der Waals surface area contributed by atoms with Gasteiger partial charge in [0.15, 0.2) is 17.5 Å². The monoisotopic (exact) mass is 498 g/mol. The van der Waals surface area contributed by atoms with Gasteiger partial charge in [-0.3, -0.25) is 4.79 Å². The van der Waals surface area contributed by atoms with Crippen LogP contribution < -0.4 is 5.48 Å². The number of ether oxygens (including phenoxy) is 2. The number of hydrogen-bond donors (Lipinski definition) is 4. The molecule has 0 radical (unpaired) electrons. The van der Waals surface area contributed by atoms with E-state index < -0.39 is 69.8 Å². The molecule has 3 rings (SSSR count). The first-order valence-electron chi connectivity index (χ1n) is 11.7. The highest BCUT2D eigenvalue weighted by molar-refractivity contribution is 5.92. The number of nitrogens with one attached hydrogen (secondary N) is 1. The number of hydrogen-bond acceptors (Lipinski definition) is 9. The van der Waals surface area contributed by atoms with Gasteiger partial charge in [-0.25, -0.2) is 9.59 Å². The molecule has 4 N–H and O–H groups in total. The van der Waals surface area contributed by atoms with Gasteiger partial charge in [0.25, 0.3) is 0 Å². The van der Waals surface area contributed by atoms with Crippen molar-refractivity contribution in [3.63, 3.8) is 0 Å². The van der Waals surface area contributed by atoms with Crippen molar-refractivity contribution in [1.82, 2.24) is 10.4 Å². The molecule has 8 atom stereocenters. The quantitative estimate of drug-likeness (QED) is 0.326. The summed E-state index contributed by atoms with van der Waals surface area (Å²) in [5, 5.41) is 35.2. The molecule has 2 saturated carbocycles. The van der Waals surface area contributed by atoms with Gasteiger partial charge in [0.1, 0.15) is 5.60 Å². The molecule has 2 aliphatic carbocycles. The zero-order valence-corrected chi connectivity index (χ0v) is 21.5. The van der Waals surface area contributed by atoms with Crippen LogP contribution in [0.15, 0.2) is 12.7 Å². The Balaban J connectivity index is 2.14. The summed E-state index contributed by atoms with van der Waals surface area (Å²) in [6, 6.07) is 0. The van der Waals surface area contributed by atoms with E-state index in [0.717, 1.165) is 4.90 Å². The second-order valence-corrected chi connectivity index (χ2v) is 11.5. The minimum Gasteiger partial charge on any atom is -0.438 e. The summed E-state index contributed by atoms with van der Waals surface area (Å²) in [6.07, 6.45) is -4.30. The van der Waals surface area contributed by atoms with E-state index in [4.69, 9.17) is 9.47 Å². The van der Waals surface area contributed by atoms with E-state index in [2.05, 4.69) is 11.4 Å². The third-order valence-corrected chi connectivity index (χ3v) is 8.55. The number of ketones is 1. The molecular weight excluding hydrogens is 460 g/mol. The highest BCUT2D eigenvalue weighted by Gasteiger charge is 2.81. The highest BCUT2D eigenvalue weighted by atomic mass is 16.7. The summed E-state index contributed by atoms with van der Waals surface area (Å²) in [4.78, 5) is 43.9. The Morgan fingerprint density at radius 2 is 1.80 bits per heavy atom. The topological polar surface area (TPSA) is 155 Å². The molecule has 1 aliphatic heterocycles. The number of Topliss-reactive ketones (excluding diaryl/α,β-unsaturated/α-hetero) is 1. The van der Waals surface area contributed by atoms with Gasteiger partial charge in [0.05, 0.1) is 17.8 Å². The molecule has 0 aromatic heterocycles. The van der Waals surface area contributed by atoms with Crippen molar-refractivity contribution in [3.05, 3.63) is 12.7 Å². The van der Waals surface area contributed by atoms with Crippen molar-refractivity contribution in [2.24, 2.45) is 16.7 Å². The zero-order chi connectivity index (χ0) is 26.8. The Kier molecular flexibility index (Phi) is 6.59. The number of carbonyl (C=O) groups is 3. The molecule has 0 unspecified atom stereocenters. The van der Waals surface area contributed by atoms with Crippen molar-refractivity contribution in [1.29, 1.82) is 0 Å². The fourth-order valence-corrected chi connectivity index (χ4v) is 6.80. The zero-order valence-electron chi connectivity index (χ0n) is 21.5. The maximum atomic E-state index is 13.8. The van der Waals surface area contributed by atoms with Crippen molar-refractivity contribution in [2.75, 3.05) is 14.1 Å². The Bertz CT molecular complexity index is 923. The summed E-state index contributed by atoms with van der Waals surface area (Å²) in [6.45, 7) is 12.0. The lowest BCUT2D eigenvalue weighted by Gasteiger charge is -2.71. The maximum Gasteiger partial charge on any atom is 0.441 e. The summed E-state index contributed by atoms with van der Waals surface area (Å²) in [5.41, 5.74) is -5.90. The highest BCUT2D eigenvalue weighted by Crippen LogP contribution is 2.67. The number of amides is 2. The smallest absolute Gasteiger partial charge is 0.438 e. The molecule has 3 aliphatic rings. The first kappa shape index (κ1) is 27.4. The van der Waals surface area contributed by atoms with Crippen LogP contribution in [0.2, 0.25) is 0 Å². The lowest BCUT2D eigenvalue weighted by Crippen LogP contribution is -2.86. The Hall–Kier alpha value is -2.21. The minimum absolute atomic E-state index is 0.229. The Morgan fingerprint density at radius 3 is 2.34 bits per heavy atom. The normalized spacial score (nSPS) is 44.3. The fraction of sp³-hybridized carbons (Fsp3) is 0.792. The second-order valence-electron chi connectivity index (χ2n) is 11.5. The van der Waals surface area contributed by atoms with E-state index in [1.807, 2.05) is 19.3 Å². The van der Waals surface area contributed by atoms with Crippen molar-refractivity contribution in [3.8, 4) is 0 Å². The molecule has 11 nitrogen and oxygen atoms in total. The van der Waals surface area contributed by atoms with E-state index in [-0.39, 0.29) is 6.42 Å². The predicted octanol–water partition coefficient (Wildman–Crippen LogP) is 1.30. The van der Waals surface area contributed by atoms with Crippen molar-refractivity contribution in [2.45, 2.75) is 89.0 Å². The average molecular weight is 499 g/mol. The molecular formula is C24H38N2O9. The van der Waals surface area contributed by atoms with Gasteiger partial charge < -0.3 is 34.5 Å². The second kappa shape index (κ2) is 8.43. The Labute approximate surface area is 205 Å². The summed E-state index contributed by atoms with van der Waals surface area (Å²) in [5.74, 6) is -1.47. The third-order valence-electron chi connectivity index (χ3n) is 8.55. The molecule has 1 saturated heterocycles. The van der Waals surface area contributed by atoms with E-state index >= 15 is 0 Å². The average Bonchev–Trinajstić information content (AvgIpc) is 2.75. The van der Waals surface area contributed by atoms with E-state index in [1.54, 1.807) is 13.8 Å². The number of aliphatic hydroxyl groups excluding tert-OH is 2. The van der Waals surface area contributed by atoms with Crippen LogP contribution in [-0.2, 0) is 19.1 Å². The largest absolute Gasteiger partial charge is 0.441 e. The SMILES string of the molecule is C=C[C@@]1(C)CC(=O)[C@]2(O)[C@@]3(C)[C@@H](O)CCC(C)(C)[C@@H]3[C@H](O)[C@H](OC(=O)NOC(=O)N(C)C)[C@@]2(C)O1. The molecule has 0 aromatic rings. The van der Waals surface area contributed by atoms with Gasteiger partial charge in [-0.05, 0) is 32.1 Å². The molecule has 0 spiro atoms. The van der Waals surface area contributed by atoms with Gasteiger partial charge in [-0.15, -0.1) is 12.1 Å². The van der Waals surface area contributed by atoms with Crippen LogP contribution in [0.5, 0.6) is 0 Å². The molecule has 198 valence electrons. The van der Waals surface area contributed by atoms with Crippen LogP contribution in [0, 0.1) is 16.7 Å². The number of aliphatic hydroxyl groups is 3. The number of carbonyl (C=O) groups excluding carboxylic acids is 3. The van der Waals surface area contributed by atoms with Crippen LogP contribution in [0.4, 0.5) is 9.59 Å². The molecule has 0 bridgehead atoms. The molecule has 35 heavy (non-hydrogen) atoms. The van der Waals surface area contributed by atoms with Crippen LogP contribution in [0.1, 0.15) is 53.9 Å². The van der Waals surface area contributed by atoms with Crippen LogP contribution in [-0.4, -0.2) is 87.4 Å². The van der Waals surface area contributed by atoms with E-state index in [0.29, 0.717) is 12.8 Å². The predicted molar refractivity (Wildman–Crippen MR) is 123 cm³/mol. The van der Waals surface area contributed by atoms with Crippen LogP contribution >= 0.6 is 0 Å². The van der Waals surface area contributed by atoms with Gasteiger partial charge in [0.2, 0.25) is 0 Å². The van der Waals surface area contributed by atoms with E-state index in [1.165, 1.54) is 27.1 Å². The molecule has 3 fully saturated rings. The fourth-order valence-electron chi connectivity index (χ4n) is 6.80. The number of hydroxylamine groups is 1. The lowest BCUT2D eigenvalue weighted by molar-refractivity contribution is -0.369. The summed E-state index contributed by atoms with van der Waals surface area (Å²) >= 11 is 0. The first-order chi connectivity index (χ1) is 15.9. The minimum atomic E-state index is -2.34. The molecule has 0 aromatic carbocycles.